The fourth-order valence-corrected chi connectivity index (χ4v) is 1.77. The van der Waals surface area contributed by atoms with Gasteiger partial charge in [0.25, 0.3) is 0 Å². The van der Waals surface area contributed by atoms with Gasteiger partial charge in [0.2, 0.25) is 0 Å². The Bertz CT molecular complexity index is 387. The number of aliphatic hydroxyl groups is 1. The Morgan fingerprint density at radius 1 is 1.38 bits per heavy atom. The molecule has 1 heterocycles. The van der Waals surface area contributed by atoms with Crippen LogP contribution in [-0.4, -0.2) is 24.0 Å². The van der Waals surface area contributed by atoms with Crippen LogP contribution in [0.1, 0.15) is 11.1 Å². The summed E-state index contributed by atoms with van der Waals surface area (Å²) in [7, 11) is 0. The van der Waals surface area contributed by atoms with Gasteiger partial charge in [-0.25, -0.2) is 0 Å². The third-order valence-electron chi connectivity index (χ3n) is 2.59. The number of benzene rings is 1. The highest BCUT2D eigenvalue weighted by atomic mass is 19.4. The zero-order valence-electron chi connectivity index (χ0n) is 8.42. The van der Waals surface area contributed by atoms with Gasteiger partial charge in [-0.05, 0) is 11.1 Å². The number of hydrogen-bond donors (Lipinski definition) is 1. The average molecular weight is 232 g/mol. The molecule has 2 rings (SSSR count). The lowest BCUT2D eigenvalue weighted by atomic mass is 10.0. The van der Waals surface area contributed by atoms with Crippen LogP contribution in [0.25, 0.3) is 0 Å². The minimum absolute atomic E-state index is 0.417. The van der Waals surface area contributed by atoms with Crippen molar-refractivity contribution >= 4 is 0 Å². The first-order chi connectivity index (χ1) is 7.48. The number of rotatable bonds is 2. The molecule has 5 heteroatoms. The largest absolute Gasteiger partial charge is 0.493 e. The maximum Gasteiger partial charge on any atom is 0.414 e. The van der Waals surface area contributed by atoms with Crippen molar-refractivity contribution in [3.8, 4) is 5.75 Å². The van der Waals surface area contributed by atoms with Crippen LogP contribution in [0, 0.1) is 0 Å². The molecule has 0 bridgehead atoms. The molecule has 16 heavy (non-hydrogen) atoms. The summed E-state index contributed by atoms with van der Waals surface area (Å²) >= 11 is 0. The van der Waals surface area contributed by atoms with Gasteiger partial charge in [-0.2, -0.15) is 13.2 Å². The zero-order chi connectivity index (χ0) is 11.8. The van der Waals surface area contributed by atoms with Crippen LogP contribution in [0.4, 0.5) is 13.2 Å². The molecule has 0 aromatic heterocycles. The van der Waals surface area contributed by atoms with Gasteiger partial charge in [-0.15, -0.1) is 0 Å². The lowest BCUT2D eigenvalue weighted by molar-refractivity contribution is -0.203. The predicted octanol–water partition coefficient (Wildman–Crippen LogP) is 2.09. The molecule has 0 radical (unpaired) electrons. The highest BCUT2D eigenvalue weighted by molar-refractivity contribution is 5.44. The molecule has 0 saturated heterocycles. The van der Waals surface area contributed by atoms with Gasteiger partial charge >= 0.3 is 6.18 Å². The van der Waals surface area contributed by atoms with Crippen LogP contribution < -0.4 is 4.74 Å². The summed E-state index contributed by atoms with van der Waals surface area (Å²) in [5.41, 5.74) is 1.33. The zero-order valence-corrected chi connectivity index (χ0v) is 8.42. The highest BCUT2D eigenvalue weighted by Crippen LogP contribution is 2.32. The number of hydrogen-bond acceptors (Lipinski definition) is 2. The van der Waals surface area contributed by atoms with Gasteiger partial charge in [0.1, 0.15) is 5.75 Å². The van der Waals surface area contributed by atoms with E-state index in [-0.39, 0.29) is 0 Å². The second-order valence-corrected chi connectivity index (χ2v) is 3.77. The molecule has 1 aromatic carbocycles. The Hall–Kier alpha value is -1.23. The van der Waals surface area contributed by atoms with E-state index in [0.717, 1.165) is 5.56 Å². The number of para-hydroxylation sites is 1. The topological polar surface area (TPSA) is 29.5 Å². The lowest BCUT2D eigenvalue weighted by Gasteiger charge is -2.15. The van der Waals surface area contributed by atoms with Crippen molar-refractivity contribution in [2.45, 2.75) is 25.1 Å². The third kappa shape index (κ3) is 2.14. The first kappa shape index (κ1) is 11.3. The van der Waals surface area contributed by atoms with E-state index in [1.807, 2.05) is 6.07 Å². The van der Waals surface area contributed by atoms with Gasteiger partial charge in [0.05, 0.1) is 6.61 Å². The van der Waals surface area contributed by atoms with Crippen molar-refractivity contribution in [3.63, 3.8) is 0 Å². The molecular weight excluding hydrogens is 221 g/mol. The normalized spacial score (nSPS) is 16.8. The minimum Gasteiger partial charge on any atom is -0.493 e. The van der Waals surface area contributed by atoms with Crippen LogP contribution in [-0.2, 0) is 12.8 Å². The van der Waals surface area contributed by atoms with E-state index >= 15 is 0 Å². The summed E-state index contributed by atoms with van der Waals surface area (Å²) in [5, 5.41) is 8.99. The van der Waals surface area contributed by atoms with Gasteiger partial charge in [0, 0.05) is 12.8 Å². The predicted molar refractivity (Wildman–Crippen MR) is 51.4 cm³/mol. The monoisotopic (exact) mass is 232 g/mol. The average Bonchev–Trinajstić information content (AvgIpc) is 2.65. The summed E-state index contributed by atoms with van der Waals surface area (Å²) in [6, 6.07) is 5.07. The van der Waals surface area contributed by atoms with E-state index in [4.69, 9.17) is 9.84 Å². The fraction of sp³-hybridized carbons (Fsp3) is 0.455. The van der Waals surface area contributed by atoms with Gasteiger partial charge in [-0.3, -0.25) is 0 Å². The second kappa shape index (κ2) is 3.97. The van der Waals surface area contributed by atoms with Crippen LogP contribution in [0.2, 0.25) is 0 Å². The molecule has 1 unspecified atom stereocenters. The summed E-state index contributed by atoms with van der Waals surface area (Å²) in [6.07, 6.45) is -6.65. The summed E-state index contributed by atoms with van der Waals surface area (Å²) in [4.78, 5) is 0. The summed E-state index contributed by atoms with van der Waals surface area (Å²) < 4.78 is 41.9. The Morgan fingerprint density at radius 2 is 2.12 bits per heavy atom. The first-order valence-corrected chi connectivity index (χ1v) is 4.97. The van der Waals surface area contributed by atoms with E-state index in [9.17, 15) is 13.2 Å². The number of halogens is 3. The molecule has 0 amide bonds. The molecule has 0 saturated carbocycles. The SMILES string of the molecule is OC(Cc1cccc2c1OCC2)C(F)(F)F. The van der Waals surface area contributed by atoms with E-state index < -0.39 is 18.7 Å². The van der Waals surface area contributed by atoms with Crippen molar-refractivity contribution in [1.29, 1.82) is 0 Å². The van der Waals surface area contributed by atoms with Crippen molar-refractivity contribution in [1.82, 2.24) is 0 Å². The fourth-order valence-electron chi connectivity index (χ4n) is 1.77. The van der Waals surface area contributed by atoms with E-state index in [1.54, 1.807) is 12.1 Å². The molecule has 88 valence electrons. The smallest absolute Gasteiger partial charge is 0.414 e. The van der Waals surface area contributed by atoms with Crippen molar-refractivity contribution in [2.24, 2.45) is 0 Å². The van der Waals surface area contributed by atoms with E-state index in [0.29, 0.717) is 24.3 Å². The van der Waals surface area contributed by atoms with Crippen LogP contribution in [0.5, 0.6) is 5.75 Å². The maximum atomic E-state index is 12.2. The van der Waals surface area contributed by atoms with Gasteiger partial charge < -0.3 is 9.84 Å². The molecule has 1 atom stereocenters. The molecular formula is C11H11F3O2. The third-order valence-corrected chi connectivity index (χ3v) is 2.59. The first-order valence-electron chi connectivity index (χ1n) is 4.97. The van der Waals surface area contributed by atoms with Crippen molar-refractivity contribution in [2.75, 3.05) is 6.61 Å². The number of ether oxygens (including phenoxy) is 1. The number of fused-ring (bicyclic) bond motifs is 1. The molecule has 0 aliphatic carbocycles. The molecule has 1 aromatic rings. The number of aliphatic hydroxyl groups excluding tert-OH is 1. The molecule has 0 spiro atoms. The van der Waals surface area contributed by atoms with E-state index in [2.05, 4.69) is 0 Å². The Labute approximate surface area is 90.7 Å². The van der Waals surface area contributed by atoms with Crippen molar-refractivity contribution in [3.05, 3.63) is 29.3 Å². The van der Waals surface area contributed by atoms with E-state index in [1.165, 1.54) is 0 Å². The molecule has 1 aliphatic rings. The minimum atomic E-state index is -4.58. The molecule has 1 aliphatic heterocycles. The Morgan fingerprint density at radius 3 is 2.81 bits per heavy atom. The summed E-state index contributed by atoms with van der Waals surface area (Å²) in [5.74, 6) is 0.505. The highest BCUT2D eigenvalue weighted by Gasteiger charge is 2.38. The molecule has 2 nitrogen and oxygen atoms in total. The van der Waals surface area contributed by atoms with Crippen LogP contribution >= 0.6 is 0 Å². The Kier molecular flexibility index (Phi) is 2.80. The second-order valence-electron chi connectivity index (χ2n) is 3.77. The van der Waals surface area contributed by atoms with Gasteiger partial charge in [0.15, 0.2) is 6.10 Å². The van der Waals surface area contributed by atoms with Crippen LogP contribution in [0.15, 0.2) is 18.2 Å². The van der Waals surface area contributed by atoms with Gasteiger partial charge in [-0.1, -0.05) is 18.2 Å². The van der Waals surface area contributed by atoms with Crippen molar-refractivity contribution < 1.29 is 23.0 Å². The Balaban J connectivity index is 2.20. The van der Waals surface area contributed by atoms with Crippen LogP contribution in [0.3, 0.4) is 0 Å². The standard InChI is InChI=1S/C11H11F3O2/c12-11(13,14)9(15)6-8-3-1-2-7-4-5-16-10(7)8/h1-3,9,15H,4-6H2. The maximum absolute atomic E-state index is 12.2. The lowest BCUT2D eigenvalue weighted by Crippen LogP contribution is -2.30. The molecule has 0 fully saturated rings. The number of alkyl halides is 3. The quantitative estimate of drug-likeness (QED) is 0.846. The molecule has 1 N–H and O–H groups in total. The summed E-state index contributed by atoms with van der Waals surface area (Å²) in [6.45, 7) is 0.495.